The Morgan fingerprint density at radius 1 is 1.24 bits per heavy atom. The van der Waals surface area contributed by atoms with E-state index in [1.54, 1.807) is 23.3 Å². The Balaban J connectivity index is 1.67. The first-order valence-electron chi connectivity index (χ1n) is 7.92. The summed E-state index contributed by atoms with van der Waals surface area (Å²) in [6.45, 7) is 1.94. The van der Waals surface area contributed by atoms with Gasteiger partial charge in [-0.1, -0.05) is 18.2 Å². The molecule has 2 aromatic heterocycles. The molecular formula is C18H19N3O2S2. The summed E-state index contributed by atoms with van der Waals surface area (Å²) < 4.78 is 1.12. The van der Waals surface area contributed by atoms with E-state index < -0.39 is 0 Å². The van der Waals surface area contributed by atoms with Crippen LogP contribution in [-0.4, -0.2) is 28.7 Å². The summed E-state index contributed by atoms with van der Waals surface area (Å²) in [5.74, 6) is -0.161. The monoisotopic (exact) mass is 373 g/mol. The largest absolute Gasteiger partial charge is 0.348 e. The predicted octanol–water partition coefficient (Wildman–Crippen LogP) is 3.58. The van der Waals surface area contributed by atoms with Gasteiger partial charge < -0.3 is 10.2 Å². The Morgan fingerprint density at radius 3 is 2.72 bits per heavy atom. The summed E-state index contributed by atoms with van der Waals surface area (Å²) in [7, 11) is 1.77. The van der Waals surface area contributed by atoms with E-state index in [0.717, 1.165) is 20.1 Å². The Hall–Kier alpha value is -2.25. The highest BCUT2D eigenvalue weighted by atomic mass is 32.1. The molecule has 7 heteroatoms. The highest BCUT2D eigenvalue weighted by Gasteiger charge is 2.21. The predicted molar refractivity (Wildman–Crippen MR) is 102 cm³/mol. The van der Waals surface area contributed by atoms with E-state index in [1.807, 2.05) is 41.8 Å². The van der Waals surface area contributed by atoms with Crippen LogP contribution in [0.25, 0.3) is 10.2 Å². The van der Waals surface area contributed by atoms with Gasteiger partial charge >= 0.3 is 0 Å². The summed E-state index contributed by atoms with van der Waals surface area (Å²) in [4.78, 5) is 31.3. The molecule has 2 heterocycles. The van der Waals surface area contributed by atoms with Crippen LogP contribution in [0.4, 0.5) is 0 Å². The molecular weight excluding hydrogens is 354 g/mol. The number of aromatic nitrogens is 1. The number of rotatable bonds is 6. The lowest BCUT2D eigenvalue weighted by Gasteiger charge is -2.21. The van der Waals surface area contributed by atoms with Crippen LogP contribution in [0, 0.1) is 0 Å². The first-order chi connectivity index (χ1) is 12.0. The number of carbonyl (C=O) groups excluding carboxylic acids is 2. The average molecular weight is 374 g/mol. The van der Waals surface area contributed by atoms with Crippen LogP contribution in [0.1, 0.15) is 29.3 Å². The van der Waals surface area contributed by atoms with E-state index in [1.165, 1.54) is 18.3 Å². The van der Waals surface area contributed by atoms with Gasteiger partial charge in [-0.3, -0.25) is 9.59 Å². The van der Waals surface area contributed by atoms with Gasteiger partial charge in [0, 0.05) is 18.8 Å². The van der Waals surface area contributed by atoms with Crippen molar-refractivity contribution in [3.63, 3.8) is 0 Å². The minimum atomic E-state index is -0.289. The number of amides is 2. The Bertz CT molecular complexity index is 840. The normalized spacial score (nSPS) is 12.1. The fourth-order valence-corrected chi connectivity index (χ4v) is 4.37. The fraction of sp³-hybridized carbons (Fsp3) is 0.278. The van der Waals surface area contributed by atoms with E-state index in [2.05, 4.69) is 10.3 Å². The van der Waals surface area contributed by atoms with E-state index in [4.69, 9.17) is 0 Å². The van der Waals surface area contributed by atoms with E-state index >= 15 is 0 Å². The summed E-state index contributed by atoms with van der Waals surface area (Å²) in [6, 6.07) is 11.5. The van der Waals surface area contributed by atoms with Gasteiger partial charge in [0.2, 0.25) is 11.8 Å². The molecule has 0 saturated heterocycles. The highest BCUT2D eigenvalue weighted by Crippen LogP contribution is 2.25. The number of hydrogen-bond donors (Lipinski definition) is 1. The van der Waals surface area contributed by atoms with Crippen molar-refractivity contribution in [2.75, 3.05) is 7.05 Å². The number of hydrogen-bond acceptors (Lipinski definition) is 5. The van der Waals surface area contributed by atoms with Gasteiger partial charge in [0.1, 0.15) is 5.01 Å². The molecule has 0 saturated carbocycles. The SMILES string of the molecule is CC(=O)N[C@H](CC(=O)N(C)Cc1nc2ccccc2s1)c1cccs1. The zero-order valence-electron chi connectivity index (χ0n) is 14.1. The van der Waals surface area contributed by atoms with Gasteiger partial charge in [0.15, 0.2) is 0 Å². The second-order valence-corrected chi connectivity index (χ2v) is 7.89. The zero-order chi connectivity index (χ0) is 17.8. The third kappa shape index (κ3) is 4.43. The lowest BCUT2D eigenvalue weighted by molar-refractivity contribution is -0.131. The number of thiophene rings is 1. The summed E-state index contributed by atoms with van der Waals surface area (Å²) in [5, 5.41) is 5.72. The third-order valence-corrected chi connectivity index (χ3v) is 5.79. The maximum atomic E-state index is 12.6. The van der Waals surface area contributed by atoms with Crippen molar-refractivity contribution in [2.24, 2.45) is 0 Å². The van der Waals surface area contributed by atoms with Crippen molar-refractivity contribution >= 4 is 44.7 Å². The van der Waals surface area contributed by atoms with Gasteiger partial charge in [0.25, 0.3) is 0 Å². The fourth-order valence-electron chi connectivity index (χ4n) is 2.57. The first kappa shape index (κ1) is 17.6. The van der Waals surface area contributed by atoms with Crippen LogP contribution in [0.15, 0.2) is 41.8 Å². The van der Waals surface area contributed by atoms with Gasteiger partial charge in [-0.05, 0) is 23.6 Å². The molecule has 0 aliphatic carbocycles. The smallest absolute Gasteiger partial charge is 0.225 e. The van der Waals surface area contributed by atoms with E-state index in [0.29, 0.717) is 6.54 Å². The molecule has 5 nitrogen and oxygen atoms in total. The van der Waals surface area contributed by atoms with Crippen molar-refractivity contribution in [1.29, 1.82) is 0 Å². The standard InChI is InChI=1S/C18H19N3O2S2/c1-12(22)19-14(15-8-5-9-24-15)10-18(23)21(2)11-17-20-13-6-3-4-7-16(13)25-17/h3-9,14H,10-11H2,1-2H3,(H,19,22)/t14-/m1/s1. The number of para-hydroxylation sites is 1. The van der Waals surface area contributed by atoms with Crippen LogP contribution in [-0.2, 0) is 16.1 Å². The van der Waals surface area contributed by atoms with Crippen LogP contribution in [0.3, 0.4) is 0 Å². The molecule has 25 heavy (non-hydrogen) atoms. The van der Waals surface area contributed by atoms with Gasteiger partial charge in [-0.25, -0.2) is 4.98 Å². The molecule has 0 radical (unpaired) electrons. The lowest BCUT2D eigenvalue weighted by Crippen LogP contribution is -2.33. The van der Waals surface area contributed by atoms with Crippen LogP contribution in [0.5, 0.6) is 0 Å². The lowest BCUT2D eigenvalue weighted by atomic mass is 10.1. The Labute approximate surface area is 154 Å². The van der Waals surface area contributed by atoms with Gasteiger partial charge in [-0.2, -0.15) is 0 Å². The summed E-state index contributed by atoms with van der Waals surface area (Å²) >= 11 is 3.14. The molecule has 0 spiro atoms. The van der Waals surface area contributed by atoms with Crippen molar-refractivity contribution in [1.82, 2.24) is 15.2 Å². The van der Waals surface area contributed by atoms with Crippen LogP contribution in [0.2, 0.25) is 0 Å². The third-order valence-electron chi connectivity index (χ3n) is 3.78. The molecule has 1 atom stereocenters. The number of fused-ring (bicyclic) bond motifs is 1. The molecule has 2 amide bonds. The van der Waals surface area contributed by atoms with Gasteiger partial charge in [-0.15, -0.1) is 22.7 Å². The minimum absolute atomic E-state index is 0.0218. The maximum Gasteiger partial charge on any atom is 0.225 e. The topological polar surface area (TPSA) is 62.3 Å². The number of nitrogens with zero attached hydrogens (tertiary/aromatic N) is 2. The minimum Gasteiger partial charge on any atom is -0.348 e. The number of carbonyl (C=O) groups is 2. The second-order valence-electron chi connectivity index (χ2n) is 5.80. The number of thiazole rings is 1. The van der Waals surface area contributed by atoms with E-state index in [-0.39, 0.29) is 24.3 Å². The highest BCUT2D eigenvalue weighted by molar-refractivity contribution is 7.18. The summed E-state index contributed by atoms with van der Waals surface area (Å²) in [6.07, 6.45) is 0.238. The number of benzene rings is 1. The quantitative estimate of drug-likeness (QED) is 0.718. The molecule has 0 bridgehead atoms. The molecule has 3 aromatic rings. The number of nitrogens with one attached hydrogen (secondary N) is 1. The average Bonchev–Trinajstić information content (AvgIpc) is 3.22. The maximum absolute atomic E-state index is 12.6. The Morgan fingerprint density at radius 2 is 2.04 bits per heavy atom. The molecule has 0 fully saturated rings. The Kier molecular flexibility index (Phi) is 5.45. The second kappa shape index (κ2) is 7.76. The molecule has 0 aliphatic heterocycles. The molecule has 1 N–H and O–H groups in total. The zero-order valence-corrected chi connectivity index (χ0v) is 15.7. The molecule has 0 aliphatic rings. The van der Waals surface area contributed by atoms with Crippen molar-refractivity contribution < 1.29 is 9.59 Å². The van der Waals surface area contributed by atoms with Crippen molar-refractivity contribution in [3.8, 4) is 0 Å². The van der Waals surface area contributed by atoms with Crippen molar-refractivity contribution in [2.45, 2.75) is 25.9 Å². The van der Waals surface area contributed by atoms with Gasteiger partial charge in [0.05, 0.1) is 29.2 Å². The first-order valence-corrected chi connectivity index (χ1v) is 9.61. The molecule has 0 unspecified atom stereocenters. The van der Waals surface area contributed by atoms with E-state index in [9.17, 15) is 9.59 Å². The van der Waals surface area contributed by atoms with Crippen LogP contribution >= 0.6 is 22.7 Å². The van der Waals surface area contributed by atoms with Crippen molar-refractivity contribution in [3.05, 3.63) is 51.7 Å². The van der Waals surface area contributed by atoms with Crippen LogP contribution < -0.4 is 5.32 Å². The molecule has 130 valence electrons. The molecule has 1 aromatic carbocycles. The molecule has 3 rings (SSSR count). The summed E-state index contributed by atoms with van der Waals surface area (Å²) in [5.41, 5.74) is 0.957.